The van der Waals surface area contributed by atoms with E-state index in [2.05, 4.69) is 21.2 Å². The molecule has 76 valence electrons. The Hall–Kier alpha value is -0.610. The Morgan fingerprint density at radius 2 is 2.36 bits per heavy atom. The van der Waals surface area contributed by atoms with Crippen LogP contribution in [0.3, 0.4) is 0 Å². The van der Waals surface area contributed by atoms with Crippen molar-refractivity contribution in [2.24, 2.45) is 0 Å². The number of fused-ring (bicyclic) bond motifs is 1. The van der Waals surface area contributed by atoms with Crippen LogP contribution in [-0.4, -0.2) is 13.7 Å². The topological polar surface area (TPSA) is 21.3 Å². The zero-order valence-corrected chi connectivity index (χ0v) is 9.40. The molecule has 2 rings (SSSR count). The number of hydrogen-bond acceptors (Lipinski definition) is 2. The van der Waals surface area contributed by atoms with E-state index in [-0.39, 0.29) is 11.9 Å². The molecule has 2 nitrogen and oxygen atoms in total. The third kappa shape index (κ3) is 1.53. The number of rotatable bonds is 1. The van der Waals surface area contributed by atoms with E-state index in [4.69, 9.17) is 4.74 Å². The minimum Gasteiger partial charge on any atom is -0.492 e. The first-order valence-electron chi connectivity index (χ1n) is 4.52. The van der Waals surface area contributed by atoms with Crippen molar-refractivity contribution in [2.45, 2.75) is 12.5 Å². The molecule has 1 N–H and O–H groups in total. The van der Waals surface area contributed by atoms with Gasteiger partial charge in [-0.3, -0.25) is 0 Å². The summed E-state index contributed by atoms with van der Waals surface area (Å²) < 4.78 is 19.1. The molecule has 0 fully saturated rings. The van der Waals surface area contributed by atoms with Gasteiger partial charge in [0.25, 0.3) is 0 Å². The molecule has 14 heavy (non-hydrogen) atoms. The molecule has 0 spiro atoms. The summed E-state index contributed by atoms with van der Waals surface area (Å²) in [7, 11) is 1.90. The largest absolute Gasteiger partial charge is 0.492 e. The maximum atomic E-state index is 13.2. The highest BCUT2D eigenvalue weighted by atomic mass is 79.9. The third-order valence-electron chi connectivity index (χ3n) is 2.46. The van der Waals surface area contributed by atoms with Crippen molar-refractivity contribution >= 4 is 15.9 Å². The summed E-state index contributed by atoms with van der Waals surface area (Å²) in [6, 6.07) is 3.49. The number of benzene rings is 1. The maximum Gasteiger partial charge on any atom is 0.141 e. The van der Waals surface area contributed by atoms with Crippen LogP contribution in [0.2, 0.25) is 0 Å². The first-order valence-corrected chi connectivity index (χ1v) is 5.31. The average molecular weight is 260 g/mol. The fraction of sp³-hybridized carbons (Fsp3) is 0.400. The van der Waals surface area contributed by atoms with Crippen molar-refractivity contribution < 1.29 is 9.13 Å². The van der Waals surface area contributed by atoms with Crippen LogP contribution in [0, 0.1) is 5.82 Å². The zero-order chi connectivity index (χ0) is 10.1. The quantitative estimate of drug-likeness (QED) is 0.838. The van der Waals surface area contributed by atoms with Gasteiger partial charge in [-0.25, -0.2) is 4.39 Å². The lowest BCUT2D eigenvalue weighted by molar-refractivity contribution is 0.254. The predicted molar refractivity (Wildman–Crippen MR) is 56.0 cm³/mol. The van der Waals surface area contributed by atoms with E-state index in [1.165, 1.54) is 6.07 Å². The molecule has 1 aliphatic rings. The fourth-order valence-electron chi connectivity index (χ4n) is 1.70. The first-order chi connectivity index (χ1) is 6.74. The molecule has 0 amide bonds. The molecule has 1 aliphatic heterocycles. The minimum absolute atomic E-state index is 0.260. The van der Waals surface area contributed by atoms with E-state index < -0.39 is 0 Å². The molecule has 1 aromatic carbocycles. The van der Waals surface area contributed by atoms with Crippen LogP contribution in [0.4, 0.5) is 4.39 Å². The second-order valence-electron chi connectivity index (χ2n) is 3.26. The SMILES string of the molecule is CNC1CCOc2c1ccc(F)c2Br. The zero-order valence-electron chi connectivity index (χ0n) is 7.81. The smallest absolute Gasteiger partial charge is 0.141 e. The molecule has 0 saturated heterocycles. The summed E-state index contributed by atoms with van der Waals surface area (Å²) in [6.45, 7) is 0.626. The molecule has 0 saturated carbocycles. The van der Waals surface area contributed by atoms with Crippen molar-refractivity contribution in [3.8, 4) is 5.75 Å². The Bertz CT molecular complexity index is 356. The van der Waals surface area contributed by atoms with Crippen molar-refractivity contribution in [3.05, 3.63) is 28.0 Å². The van der Waals surface area contributed by atoms with Crippen LogP contribution in [0.25, 0.3) is 0 Å². The van der Waals surface area contributed by atoms with E-state index in [1.807, 2.05) is 7.05 Å². The third-order valence-corrected chi connectivity index (χ3v) is 3.20. The highest BCUT2D eigenvalue weighted by molar-refractivity contribution is 9.10. The molecule has 0 radical (unpaired) electrons. The molecule has 1 heterocycles. The summed E-state index contributed by atoms with van der Waals surface area (Å²) >= 11 is 3.19. The summed E-state index contributed by atoms with van der Waals surface area (Å²) in [5.74, 6) is 0.358. The maximum absolute atomic E-state index is 13.2. The second kappa shape index (κ2) is 3.87. The van der Waals surface area contributed by atoms with Crippen LogP contribution in [0.1, 0.15) is 18.0 Å². The number of ether oxygens (including phenoxy) is 1. The molecule has 1 aromatic rings. The predicted octanol–water partition coefficient (Wildman–Crippen LogP) is 2.63. The molecular formula is C10H11BrFNO. The van der Waals surface area contributed by atoms with Gasteiger partial charge in [-0.05, 0) is 29.0 Å². The van der Waals surface area contributed by atoms with Gasteiger partial charge in [-0.1, -0.05) is 6.07 Å². The van der Waals surface area contributed by atoms with Crippen LogP contribution in [0.5, 0.6) is 5.75 Å². The normalized spacial score (nSPS) is 20.1. The van der Waals surface area contributed by atoms with Crippen molar-refractivity contribution in [3.63, 3.8) is 0 Å². The van der Waals surface area contributed by atoms with E-state index in [1.54, 1.807) is 6.07 Å². The van der Waals surface area contributed by atoms with E-state index >= 15 is 0 Å². The van der Waals surface area contributed by atoms with E-state index in [0.717, 1.165) is 12.0 Å². The van der Waals surface area contributed by atoms with Crippen LogP contribution < -0.4 is 10.1 Å². The monoisotopic (exact) mass is 259 g/mol. The molecule has 0 aromatic heterocycles. The average Bonchev–Trinajstić information content (AvgIpc) is 2.23. The number of halogens is 2. The number of hydrogen-bond donors (Lipinski definition) is 1. The minimum atomic E-state index is -0.277. The molecule has 0 aliphatic carbocycles. The Labute approximate surface area is 90.6 Å². The van der Waals surface area contributed by atoms with Gasteiger partial charge in [0.1, 0.15) is 11.6 Å². The summed E-state index contributed by atoms with van der Waals surface area (Å²) in [5.41, 5.74) is 1.02. The lowest BCUT2D eigenvalue weighted by Crippen LogP contribution is -2.24. The van der Waals surface area contributed by atoms with Gasteiger partial charge in [0.2, 0.25) is 0 Å². The van der Waals surface area contributed by atoms with Crippen molar-refractivity contribution in [2.75, 3.05) is 13.7 Å². The molecule has 1 unspecified atom stereocenters. The summed E-state index contributed by atoms with van der Waals surface area (Å²) in [6.07, 6.45) is 0.918. The van der Waals surface area contributed by atoms with Gasteiger partial charge in [0.15, 0.2) is 0 Å². The Kier molecular flexibility index (Phi) is 2.74. The van der Waals surface area contributed by atoms with Gasteiger partial charge in [0.05, 0.1) is 11.1 Å². The van der Waals surface area contributed by atoms with Crippen molar-refractivity contribution in [1.82, 2.24) is 5.32 Å². The van der Waals surface area contributed by atoms with Gasteiger partial charge >= 0.3 is 0 Å². The van der Waals surface area contributed by atoms with Gasteiger partial charge in [0, 0.05) is 18.0 Å². The molecule has 0 bridgehead atoms. The van der Waals surface area contributed by atoms with Crippen molar-refractivity contribution in [1.29, 1.82) is 0 Å². The van der Waals surface area contributed by atoms with Crippen LogP contribution >= 0.6 is 15.9 Å². The van der Waals surface area contributed by atoms with Crippen LogP contribution in [-0.2, 0) is 0 Å². The fourth-order valence-corrected chi connectivity index (χ4v) is 2.18. The Balaban J connectivity index is 2.50. The Morgan fingerprint density at radius 3 is 3.07 bits per heavy atom. The number of nitrogens with one attached hydrogen (secondary N) is 1. The van der Waals surface area contributed by atoms with Gasteiger partial charge in [-0.15, -0.1) is 0 Å². The first kappa shape index (κ1) is 9.93. The molecule has 4 heteroatoms. The summed E-state index contributed by atoms with van der Waals surface area (Å²) in [5, 5.41) is 3.18. The lowest BCUT2D eigenvalue weighted by atomic mass is 10.0. The van der Waals surface area contributed by atoms with E-state index in [0.29, 0.717) is 16.8 Å². The highest BCUT2D eigenvalue weighted by Gasteiger charge is 2.23. The summed E-state index contributed by atoms with van der Waals surface area (Å²) in [4.78, 5) is 0. The van der Waals surface area contributed by atoms with Gasteiger partial charge < -0.3 is 10.1 Å². The van der Waals surface area contributed by atoms with Crippen LogP contribution in [0.15, 0.2) is 16.6 Å². The molecule has 1 atom stereocenters. The Morgan fingerprint density at radius 1 is 1.57 bits per heavy atom. The van der Waals surface area contributed by atoms with Gasteiger partial charge in [-0.2, -0.15) is 0 Å². The highest BCUT2D eigenvalue weighted by Crippen LogP contribution is 2.38. The standard InChI is InChI=1S/C10H11BrFNO/c1-13-8-4-5-14-10-6(8)2-3-7(12)9(10)11/h2-3,8,13H,4-5H2,1H3. The van der Waals surface area contributed by atoms with E-state index in [9.17, 15) is 4.39 Å². The molecular weight excluding hydrogens is 249 g/mol. The lowest BCUT2D eigenvalue weighted by Gasteiger charge is -2.26. The second-order valence-corrected chi connectivity index (χ2v) is 4.05.